The molecule has 0 aliphatic carbocycles. The number of halogens is 3. The van der Waals surface area contributed by atoms with Gasteiger partial charge in [-0.1, -0.05) is 6.07 Å². The number of amides is 2. The van der Waals surface area contributed by atoms with E-state index in [9.17, 15) is 23.1 Å². The van der Waals surface area contributed by atoms with E-state index in [4.69, 9.17) is 14.2 Å². The van der Waals surface area contributed by atoms with Crippen LogP contribution in [0.1, 0.15) is 18.4 Å². The summed E-state index contributed by atoms with van der Waals surface area (Å²) >= 11 is 0. The van der Waals surface area contributed by atoms with Gasteiger partial charge in [0.15, 0.2) is 0 Å². The lowest BCUT2D eigenvalue weighted by Gasteiger charge is -2.35. The van der Waals surface area contributed by atoms with Gasteiger partial charge >= 0.3 is 12.2 Å². The molecule has 1 aromatic carbocycles. The number of alkyl halides is 3. The Labute approximate surface area is 224 Å². The number of morpholine rings is 1. The van der Waals surface area contributed by atoms with E-state index in [2.05, 4.69) is 15.2 Å². The van der Waals surface area contributed by atoms with Gasteiger partial charge in [0.05, 0.1) is 26.4 Å². The first kappa shape index (κ1) is 27.5. The molecule has 3 fully saturated rings. The van der Waals surface area contributed by atoms with Crippen LogP contribution in [0, 0.1) is 12.8 Å². The maximum absolute atomic E-state index is 12.8. The number of pyridine rings is 1. The molecule has 3 saturated heterocycles. The van der Waals surface area contributed by atoms with Crippen molar-refractivity contribution in [1.29, 1.82) is 0 Å². The summed E-state index contributed by atoms with van der Waals surface area (Å²) in [5, 5.41) is 13.2. The molecule has 2 N–H and O–H groups in total. The van der Waals surface area contributed by atoms with E-state index in [0.717, 1.165) is 16.7 Å². The smallest absolute Gasteiger partial charge is 0.389 e. The van der Waals surface area contributed by atoms with Crippen molar-refractivity contribution >= 4 is 17.5 Å². The molecule has 3 aliphatic heterocycles. The van der Waals surface area contributed by atoms with E-state index in [1.54, 1.807) is 12.1 Å². The number of anilines is 2. The molecule has 0 saturated carbocycles. The van der Waals surface area contributed by atoms with Crippen molar-refractivity contribution in [2.45, 2.75) is 31.5 Å². The zero-order valence-corrected chi connectivity index (χ0v) is 21.8. The number of aromatic nitrogens is 1. The van der Waals surface area contributed by atoms with Crippen molar-refractivity contribution in [3.63, 3.8) is 0 Å². The molecule has 12 heteroatoms. The van der Waals surface area contributed by atoms with Crippen molar-refractivity contribution in [3.05, 3.63) is 35.9 Å². The third-order valence-corrected chi connectivity index (χ3v) is 7.25. The van der Waals surface area contributed by atoms with Crippen molar-refractivity contribution in [1.82, 2.24) is 9.88 Å². The second-order valence-corrected chi connectivity index (χ2v) is 10.5. The van der Waals surface area contributed by atoms with Crippen LogP contribution in [-0.4, -0.2) is 92.0 Å². The number of hydrogen-bond donors (Lipinski definition) is 2. The number of urea groups is 1. The van der Waals surface area contributed by atoms with Gasteiger partial charge in [-0.25, -0.2) is 4.79 Å². The number of carbonyl (C=O) groups excluding carboxylic acids is 1. The van der Waals surface area contributed by atoms with Crippen molar-refractivity contribution < 1.29 is 37.3 Å². The lowest BCUT2D eigenvalue weighted by Crippen LogP contribution is -2.54. The molecule has 212 valence electrons. The standard InChI is InChI=1S/C27H33F3N4O5/c1-18-2-3-21(31-25(35)34-5-4-19(14-34)13-27(28,29)30)12-22(18)20-10-23(33-6-8-37-9-7-33)32-24(11-20)39-17-26(36)15-38-16-26/h2-3,10-12,19,36H,4-9,13-17H2,1H3,(H,31,35)/t19-/m0/s1. The minimum absolute atomic E-state index is 0.0479. The summed E-state index contributed by atoms with van der Waals surface area (Å²) in [6.07, 6.45) is -4.79. The summed E-state index contributed by atoms with van der Waals surface area (Å²) in [6, 6.07) is 8.82. The Balaban J connectivity index is 1.35. The highest BCUT2D eigenvalue weighted by Gasteiger charge is 2.38. The number of aryl methyl sites for hydroxylation is 1. The molecular weight excluding hydrogens is 517 g/mol. The van der Waals surface area contributed by atoms with Crippen LogP contribution in [0.2, 0.25) is 0 Å². The number of benzene rings is 1. The van der Waals surface area contributed by atoms with Crippen LogP contribution in [0.5, 0.6) is 5.88 Å². The molecule has 9 nitrogen and oxygen atoms in total. The highest BCUT2D eigenvalue weighted by Crippen LogP contribution is 2.34. The molecule has 0 unspecified atom stereocenters. The van der Waals surface area contributed by atoms with Gasteiger partial charge in [0.25, 0.3) is 0 Å². The molecule has 3 aliphatic rings. The van der Waals surface area contributed by atoms with Crippen LogP contribution in [0.15, 0.2) is 30.3 Å². The third kappa shape index (κ3) is 6.92. The van der Waals surface area contributed by atoms with E-state index < -0.39 is 30.1 Å². The zero-order chi connectivity index (χ0) is 27.6. The number of nitrogens with one attached hydrogen (secondary N) is 1. The maximum Gasteiger partial charge on any atom is 0.389 e. The summed E-state index contributed by atoms with van der Waals surface area (Å²) in [6.45, 7) is 5.29. The van der Waals surface area contributed by atoms with E-state index in [1.807, 2.05) is 25.1 Å². The Morgan fingerprint density at radius 3 is 2.64 bits per heavy atom. The quantitative estimate of drug-likeness (QED) is 0.541. The van der Waals surface area contributed by atoms with Gasteiger partial charge in [0.1, 0.15) is 18.0 Å². The Bertz CT molecular complexity index is 1180. The molecule has 0 bridgehead atoms. The van der Waals surface area contributed by atoms with Gasteiger partial charge < -0.3 is 34.4 Å². The minimum atomic E-state index is -4.24. The first-order valence-corrected chi connectivity index (χ1v) is 13.1. The van der Waals surface area contributed by atoms with Crippen molar-refractivity contribution in [2.24, 2.45) is 5.92 Å². The lowest BCUT2D eigenvalue weighted by molar-refractivity contribution is -0.192. The fourth-order valence-electron chi connectivity index (χ4n) is 5.03. The predicted octanol–water partition coefficient (Wildman–Crippen LogP) is 3.84. The monoisotopic (exact) mass is 550 g/mol. The fourth-order valence-corrected chi connectivity index (χ4v) is 5.03. The average Bonchev–Trinajstić information content (AvgIpc) is 3.35. The number of aliphatic hydroxyl groups is 1. The summed E-state index contributed by atoms with van der Waals surface area (Å²) < 4.78 is 54.8. The molecule has 39 heavy (non-hydrogen) atoms. The molecule has 0 radical (unpaired) electrons. The number of nitrogens with zero attached hydrogens (tertiary/aromatic N) is 3. The summed E-state index contributed by atoms with van der Waals surface area (Å²) in [5.74, 6) is 0.489. The van der Waals surface area contributed by atoms with E-state index in [0.29, 0.717) is 50.1 Å². The molecule has 2 aromatic rings. The van der Waals surface area contributed by atoms with Crippen LogP contribution >= 0.6 is 0 Å². The van der Waals surface area contributed by atoms with E-state index in [-0.39, 0.29) is 32.9 Å². The number of ether oxygens (including phenoxy) is 3. The fraction of sp³-hybridized carbons (Fsp3) is 0.556. The number of likely N-dealkylation sites (tertiary alicyclic amines) is 1. The van der Waals surface area contributed by atoms with Gasteiger partial charge in [-0.15, -0.1) is 0 Å². The van der Waals surface area contributed by atoms with Gasteiger partial charge in [-0.2, -0.15) is 18.2 Å². The molecular formula is C27H33F3N4O5. The molecule has 5 rings (SSSR count). The first-order chi connectivity index (χ1) is 18.6. The molecule has 1 aromatic heterocycles. The van der Waals surface area contributed by atoms with Crippen LogP contribution < -0.4 is 15.0 Å². The molecule has 4 heterocycles. The predicted molar refractivity (Wildman–Crippen MR) is 138 cm³/mol. The Kier molecular flexibility index (Phi) is 7.88. The molecule has 2 amide bonds. The average molecular weight is 551 g/mol. The number of carbonyl (C=O) groups is 1. The Hall–Kier alpha value is -3.09. The lowest BCUT2D eigenvalue weighted by atomic mass is 10.00. The SMILES string of the molecule is Cc1ccc(NC(=O)N2CC[C@@H](CC(F)(F)F)C2)cc1-c1cc(OCC2(O)COC2)nc(N2CCOCC2)c1. The minimum Gasteiger partial charge on any atom is -0.474 e. The van der Waals surface area contributed by atoms with Crippen LogP contribution in [0.25, 0.3) is 11.1 Å². The second-order valence-electron chi connectivity index (χ2n) is 10.5. The highest BCUT2D eigenvalue weighted by atomic mass is 19.4. The van der Waals surface area contributed by atoms with E-state index >= 15 is 0 Å². The zero-order valence-electron chi connectivity index (χ0n) is 21.8. The summed E-state index contributed by atoms with van der Waals surface area (Å²) in [4.78, 5) is 21.0. The number of rotatable bonds is 7. The topological polar surface area (TPSA) is 96.4 Å². The highest BCUT2D eigenvalue weighted by molar-refractivity contribution is 5.90. The second kappa shape index (κ2) is 11.2. The summed E-state index contributed by atoms with van der Waals surface area (Å²) in [7, 11) is 0. The van der Waals surface area contributed by atoms with Crippen molar-refractivity contribution in [2.75, 3.05) is 69.4 Å². The number of hydrogen-bond acceptors (Lipinski definition) is 7. The Morgan fingerprint density at radius 2 is 1.95 bits per heavy atom. The first-order valence-electron chi connectivity index (χ1n) is 13.1. The van der Waals surface area contributed by atoms with Gasteiger partial charge in [-0.05, 0) is 54.2 Å². The van der Waals surface area contributed by atoms with Crippen molar-refractivity contribution in [3.8, 4) is 17.0 Å². The van der Waals surface area contributed by atoms with Crippen LogP contribution in [0.3, 0.4) is 0 Å². The van der Waals surface area contributed by atoms with Gasteiger partial charge in [-0.3, -0.25) is 0 Å². The van der Waals surface area contributed by atoms with Gasteiger partial charge in [0, 0.05) is 44.4 Å². The molecule has 0 spiro atoms. The third-order valence-electron chi connectivity index (χ3n) is 7.25. The normalized spacial score (nSPS) is 21.0. The largest absolute Gasteiger partial charge is 0.474 e. The summed E-state index contributed by atoms with van der Waals surface area (Å²) in [5.41, 5.74) is 2.12. The molecule has 1 atom stereocenters. The van der Waals surface area contributed by atoms with Crippen LogP contribution in [-0.2, 0) is 9.47 Å². The van der Waals surface area contributed by atoms with Crippen LogP contribution in [0.4, 0.5) is 29.5 Å². The van der Waals surface area contributed by atoms with Gasteiger partial charge in [0.2, 0.25) is 5.88 Å². The Morgan fingerprint density at radius 1 is 1.18 bits per heavy atom. The van der Waals surface area contributed by atoms with E-state index in [1.165, 1.54) is 4.90 Å². The maximum atomic E-state index is 12.8.